The third-order valence-corrected chi connectivity index (χ3v) is 5.94. The van der Waals surface area contributed by atoms with Crippen LogP contribution in [0, 0.1) is 23.7 Å². The highest BCUT2D eigenvalue weighted by atomic mass is 79.9. The average molecular weight is 461 g/mol. The number of ether oxygens (including phenoxy) is 2. The van der Waals surface area contributed by atoms with Gasteiger partial charge in [0.25, 0.3) is 11.8 Å². The van der Waals surface area contributed by atoms with Crippen LogP contribution in [-0.2, 0) is 19.1 Å². The lowest BCUT2D eigenvalue weighted by Gasteiger charge is -2.13. The molecule has 8 heteroatoms. The van der Waals surface area contributed by atoms with Gasteiger partial charge in [0, 0.05) is 10.0 Å². The van der Waals surface area contributed by atoms with Crippen molar-refractivity contribution < 1.29 is 23.9 Å². The lowest BCUT2D eigenvalue weighted by atomic mass is 9.85. The summed E-state index contributed by atoms with van der Waals surface area (Å²) in [4.78, 5) is 37.2. The van der Waals surface area contributed by atoms with E-state index >= 15 is 0 Å². The molecule has 4 rings (SSSR count). The number of carbonyl (C=O) groups is 3. The quantitative estimate of drug-likeness (QED) is 0.282. The number of halogens is 1. The van der Waals surface area contributed by atoms with Crippen LogP contribution >= 0.6 is 15.9 Å². The Hall–Kier alpha value is -2.48. The van der Waals surface area contributed by atoms with Gasteiger partial charge in [-0.25, -0.2) is 4.79 Å². The van der Waals surface area contributed by atoms with Crippen molar-refractivity contribution in [3.05, 3.63) is 40.4 Å². The third-order valence-electron chi connectivity index (χ3n) is 5.44. The molecule has 2 bridgehead atoms. The number of hydrogen-bond acceptors (Lipinski definition) is 6. The highest BCUT2D eigenvalue weighted by molar-refractivity contribution is 9.10. The molecule has 29 heavy (non-hydrogen) atoms. The molecule has 0 unspecified atom stereocenters. The highest BCUT2D eigenvalue weighted by Crippen LogP contribution is 2.52. The standard InChI is InChI=1S/C21H21BrN2O5/c1-11(2)29-17(25)10-28-16-6-5-15(22)8-14(16)9-23-24-20(26)18-12-3-4-13(7-12)19(18)21(24)27/h3-6,8-9,11-13,18-19H,7,10H2,1-2H3/t12-,13-,18-,19+/m0/s1. The van der Waals surface area contributed by atoms with E-state index in [9.17, 15) is 14.4 Å². The predicted octanol–water partition coefficient (Wildman–Crippen LogP) is 2.92. The largest absolute Gasteiger partial charge is 0.481 e. The van der Waals surface area contributed by atoms with Gasteiger partial charge in [-0.1, -0.05) is 28.1 Å². The molecule has 0 N–H and O–H groups in total. The minimum atomic E-state index is -0.480. The van der Waals surface area contributed by atoms with Crippen molar-refractivity contribution in [1.82, 2.24) is 5.01 Å². The molecule has 2 amide bonds. The van der Waals surface area contributed by atoms with E-state index in [1.165, 1.54) is 6.21 Å². The van der Waals surface area contributed by atoms with Crippen LogP contribution in [0.5, 0.6) is 5.75 Å². The Morgan fingerprint density at radius 1 is 1.24 bits per heavy atom. The highest BCUT2D eigenvalue weighted by Gasteiger charge is 2.59. The first-order chi connectivity index (χ1) is 13.8. The lowest BCUT2D eigenvalue weighted by molar-refractivity contribution is -0.149. The van der Waals surface area contributed by atoms with Crippen LogP contribution in [0.4, 0.5) is 0 Å². The molecular formula is C21H21BrN2O5. The molecule has 2 fully saturated rings. The topological polar surface area (TPSA) is 85.3 Å². The SMILES string of the molecule is CC(C)OC(=O)COc1ccc(Br)cc1C=NN1C(=O)[C@@H]2[C@H](C1=O)[C@H]1C=C[C@H]2C1. The number of allylic oxidation sites excluding steroid dienone is 2. The number of rotatable bonds is 6. The Labute approximate surface area is 176 Å². The molecule has 4 atom stereocenters. The van der Waals surface area contributed by atoms with Crippen molar-refractivity contribution in [3.8, 4) is 5.75 Å². The summed E-state index contributed by atoms with van der Waals surface area (Å²) in [6.07, 6.45) is 6.15. The van der Waals surface area contributed by atoms with E-state index in [2.05, 4.69) is 21.0 Å². The van der Waals surface area contributed by atoms with Crippen molar-refractivity contribution >= 4 is 39.9 Å². The Balaban J connectivity index is 1.50. The van der Waals surface area contributed by atoms with Gasteiger partial charge >= 0.3 is 5.97 Å². The van der Waals surface area contributed by atoms with E-state index in [4.69, 9.17) is 9.47 Å². The molecule has 0 spiro atoms. The molecule has 3 aliphatic rings. The molecule has 152 valence electrons. The Morgan fingerprint density at radius 3 is 2.52 bits per heavy atom. The maximum absolute atomic E-state index is 12.7. The van der Waals surface area contributed by atoms with Crippen molar-refractivity contribution in [2.45, 2.75) is 26.4 Å². The Bertz CT molecular complexity index is 896. The van der Waals surface area contributed by atoms with Crippen LogP contribution in [-0.4, -0.2) is 41.7 Å². The van der Waals surface area contributed by atoms with Crippen LogP contribution < -0.4 is 4.74 Å². The summed E-state index contributed by atoms with van der Waals surface area (Å²) < 4.78 is 11.4. The zero-order chi connectivity index (χ0) is 20.7. The van der Waals surface area contributed by atoms with Crippen molar-refractivity contribution in [2.75, 3.05) is 6.61 Å². The van der Waals surface area contributed by atoms with Crippen LogP contribution in [0.1, 0.15) is 25.8 Å². The number of hydrazone groups is 1. The van der Waals surface area contributed by atoms with Gasteiger partial charge in [-0.2, -0.15) is 10.1 Å². The summed E-state index contributed by atoms with van der Waals surface area (Å²) in [7, 11) is 0. The van der Waals surface area contributed by atoms with Crippen LogP contribution in [0.2, 0.25) is 0 Å². The molecule has 1 saturated carbocycles. The average Bonchev–Trinajstić information content (AvgIpc) is 3.33. The number of imide groups is 1. The summed E-state index contributed by atoms with van der Waals surface area (Å²) >= 11 is 3.39. The molecule has 1 heterocycles. The molecule has 1 saturated heterocycles. The van der Waals surface area contributed by atoms with Crippen molar-refractivity contribution in [1.29, 1.82) is 0 Å². The molecule has 1 aromatic rings. The first kappa shape index (κ1) is 19.8. The normalized spacial score (nSPS) is 27.4. The molecular weight excluding hydrogens is 440 g/mol. The van der Waals surface area contributed by atoms with Gasteiger partial charge in [-0.05, 0) is 50.3 Å². The number of benzene rings is 1. The van der Waals surface area contributed by atoms with Gasteiger partial charge < -0.3 is 9.47 Å². The van der Waals surface area contributed by atoms with E-state index < -0.39 is 5.97 Å². The summed E-state index contributed by atoms with van der Waals surface area (Å²) in [5.74, 6) is -0.878. The van der Waals surface area contributed by atoms with E-state index in [1.807, 2.05) is 12.2 Å². The molecule has 2 aliphatic carbocycles. The van der Waals surface area contributed by atoms with E-state index in [-0.39, 0.29) is 48.2 Å². The Kier molecular flexibility index (Phi) is 5.29. The van der Waals surface area contributed by atoms with Crippen LogP contribution in [0.25, 0.3) is 0 Å². The van der Waals surface area contributed by atoms with Gasteiger partial charge in [-0.15, -0.1) is 0 Å². The zero-order valence-electron chi connectivity index (χ0n) is 16.1. The number of amides is 2. The fourth-order valence-electron chi connectivity index (χ4n) is 4.31. The van der Waals surface area contributed by atoms with Crippen LogP contribution in [0.15, 0.2) is 39.9 Å². The maximum Gasteiger partial charge on any atom is 0.344 e. The summed E-state index contributed by atoms with van der Waals surface area (Å²) in [6.45, 7) is 3.27. The lowest BCUT2D eigenvalue weighted by Crippen LogP contribution is -2.28. The van der Waals surface area contributed by atoms with Crippen LogP contribution in [0.3, 0.4) is 0 Å². The molecule has 0 radical (unpaired) electrons. The number of nitrogens with zero attached hydrogens (tertiary/aromatic N) is 2. The zero-order valence-corrected chi connectivity index (χ0v) is 17.7. The van der Waals surface area contributed by atoms with Crippen molar-refractivity contribution in [2.24, 2.45) is 28.8 Å². The second kappa shape index (κ2) is 7.74. The fraction of sp³-hybridized carbons (Fsp3) is 0.429. The number of esters is 1. The number of hydrogen-bond donors (Lipinski definition) is 0. The maximum atomic E-state index is 12.7. The summed E-state index contributed by atoms with van der Waals surface area (Å²) in [5, 5.41) is 5.16. The monoisotopic (exact) mass is 460 g/mol. The molecule has 7 nitrogen and oxygen atoms in total. The molecule has 0 aromatic heterocycles. The minimum Gasteiger partial charge on any atom is -0.481 e. The first-order valence-electron chi connectivity index (χ1n) is 9.57. The number of carbonyl (C=O) groups excluding carboxylic acids is 3. The third kappa shape index (κ3) is 3.73. The summed E-state index contributed by atoms with van der Waals surface area (Å²) in [5.41, 5.74) is 0.537. The van der Waals surface area contributed by atoms with Gasteiger partial charge in [0.15, 0.2) is 6.61 Å². The summed E-state index contributed by atoms with van der Waals surface area (Å²) in [6, 6.07) is 5.19. The Morgan fingerprint density at radius 2 is 1.90 bits per heavy atom. The molecule has 1 aromatic carbocycles. The first-order valence-corrected chi connectivity index (χ1v) is 10.4. The van der Waals surface area contributed by atoms with E-state index in [0.29, 0.717) is 11.3 Å². The van der Waals surface area contributed by atoms with Gasteiger partial charge in [0.2, 0.25) is 0 Å². The van der Waals surface area contributed by atoms with E-state index in [1.54, 1.807) is 32.0 Å². The van der Waals surface area contributed by atoms with Crippen molar-refractivity contribution in [3.63, 3.8) is 0 Å². The van der Waals surface area contributed by atoms with Gasteiger partial charge in [0.1, 0.15) is 5.75 Å². The minimum absolute atomic E-state index is 0.137. The second-order valence-electron chi connectivity index (χ2n) is 7.74. The van der Waals surface area contributed by atoms with Gasteiger partial charge in [-0.3, -0.25) is 9.59 Å². The smallest absolute Gasteiger partial charge is 0.344 e. The van der Waals surface area contributed by atoms with Gasteiger partial charge in [0.05, 0.1) is 24.2 Å². The molecule has 1 aliphatic heterocycles. The second-order valence-corrected chi connectivity index (χ2v) is 8.66. The number of fused-ring (bicyclic) bond motifs is 5. The predicted molar refractivity (Wildman–Crippen MR) is 108 cm³/mol. The van der Waals surface area contributed by atoms with E-state index in [0.717, 1.165) is 15.9 Å². The fourth-order valence-corrected chi connectivity index (χ4v) is 4.68.